The van der Waals surface area contributed by atoms with Crippen LogP contribution >= 0.6 is 0 Å². The van der Waals surface area contributed by atoms with Crippen LogP contribution in [0.5, 0.6) is 0 Å². The molecule has 8 nitrogen and oxygen atoms in total. The highest BCUT2D eigenvalue weighted by molar-refractivity contribution is 5.90. The highest BCUT2D eigenvalue weighted by Crippen LogP contribution is 2.40. The van der Waals surface area contributed by atoms with Gasteiger partial charge in [0.2, 0.25) is 11.8 Å². The largest absolute Gasteiger partial charge is 0.349 e. The van der Waals surface area contributed by atoms with Gasteiger partial charge in [-0.1, -0.05) is 6.07 Å². The normalized spacial score (nSPS) is 26.1. The molecule has 1 saturated carbocycles. The third-order valence-corrected chi connectivity index (χ3v) is 6.87. The Labute approximate surface area is 181 Å². The van der Waals surface area contributed by atoms with E-state index in [1.54, 1.807) is 20.4 Å². The molecule has 9 heteroatoms. The Hall–Kier alpha value is -2.55. The lowest BCUT2D eigenvalue weighted by Gasteiger charge is -2.37. The number of rotatable bonds is 5. The minimum Gasteiger partial charge on any atom is -0.349 e. The average Bonchev–Trinajstić information content (AvgIpc) is 3.42. The summed E-state index contributed by atoms with van der Waals surface area (Å²) in [6.45, 7) is 0.440. The average molecular weight is 431 g/mol. The number of fused-ring (bicyclic) bond motifs is 1. The van der Waals surface area contributed by atoms with E-state index in [0.717, 1.165) is 37.0 Å². The van der Waals surface area contributed by atoms with Crippen molar-refractivity contribution in [2.45, 2.75) is 50.2 Å². The van der Waals surface area contributed by atoms with Gasteiger partial charge in [-0.15, -0.1) is 0 Å². The minimum atomic E-state index is -1.01. The van der Waals surface area contributed by atoms with Gasteiger partial charge in [0.1, 0.15) is 12.5 Å². The van der Waals surface area contributed by atoms with E-state index < -0.39 is 18.1 Å². The second-order valence-electron chi connectivity index (χ2n) is 9.05. The van der Waals surface area contributed by atoms with Gasteiger partial charge in [0.05, 0.1) is 18.5 Å². The van der Waals surface area contributed by atoms with Crippen LogP contribution in [0.4, 0.5) is 4.39 Å². The second kappa shape index (κ2) is 8.90. The molecule has 3 atom stereocenters. The zero-order valence-corrected chi connectivity index (χ0v) is 18.2. The molecule has 2 N–H and O–H groups in total. The predicted molar refractivity (Wildman–Crippen MR) is 114 cm³/mol. The summed E-state index contributed by atoms with van der Waals surface area (Å²) in [4.78, 5) is 33.2. The first-order valence-corrected chi connectivity index (χ1v) is 11.0. The molecular formula is C22H31FN6O2. The fourth-order valence-electron chi connectivity index (χ4n) is 5.18. The summed E-state index contributed by atoms with van der Waals surface area (Å²) in [6, 6.07) is 5.05. The first kappa shape index (κ1) is 21.7. The van der Waals surface area contributed by atoms with Gasteiger partial charge in [-0.25, -0.2) is 13.9 Å². The molecular weight excluding hydrogens is 399 g/mol. The van der Waals surface area contributed by atoms with Crippen molar-refractivity contribution in [3.63, 3.8) is 0 Å². The molecule has 2 unspecified atom stereocenters. The number of hydrogen-bond donors (Lipinski definition) is 1. The molecule has 2 aromatic heterocycles. The van der Waals surface area contributed by atoms with Gasteiger partial charge in [-0.05, 0) is 50.2 Å². The number of pyridine rings is 1. The first-order valence-electron chi connectivity index (χ1n) is 11.0. The molecule has 1 aliphatic heterocycles. The lowest BCUT2D eigenvalue weighted by molar-refractivity contribution is -0.143. The Morgan fingerprint density at radius 1 is 1.19 bits per heavy atom. The number of carbonyl (C=O) groups is 2. The highest BCUT2D eigenvalue weighted by atomic mass is 19.1. The van der Waals surface area contributed by atoms with Gasteiger partial charge >= 0.3 is 0 Å². The van der Waals surface area contributed by atoms with Crippen LogP contribution in [0.3, 0.4) is 0 Å². The SMILES string of the molecule is CN(C)C(=O)C(C1CCC(c2cccc3ncnn23)CC1)C(N)C(=O)N1CC[C@H](F)C1. The summed E-state index contributed by atoms with van der Waals surface area (Å²) >= 11 is 0. The molecule has 0 aromatic carbocycles. The van der Waals surface area contributed by atoms with E-state index in [4.69, 9.17) is 5.73 Å². The second-order valence-corrected chi connectivity index (χ2v) is 9.05. The number of halogens is 1. The van der Waals surface area contributed by atoms with E-state index in [1.807, 2.05) is 16.6 Å². The molecule has 2 aromatic rings. The molecule has 2 fully saturated rings. The van der Waals surface area contributed by atoms with Crippen LogP contribution < -0.4 is 5.73 Å². The van der Waals surface area contributed by atoms with Crippen molar-refractivity contribution >= 4 is 17.5 Å². The number of carbonyl (C=O) groups excluding carboxylic acids is 2. The smallest absolute Gasteiger partial charge is 0.240 e. The van der Waals surface area contributed by atoms with Crippen molar-refractivity contribution in [3.05, 3.63) is 30.2 Å². The van der Waals surface area contributed by atoms with E-state index in [1.165, 1.54) is 9.80 Å². The third kappa shape index (κ3) is 4.28. The van der Waals surface area contributed by atoms with Gasteiger partial charge in [0.15, 0.2) is 5.65 Å². The monoisotopic (exact) mass is 430 g/mol. The van der Waals surface area contributed by atoms with Crippen molar-refractivity contribution in [1.82, 2.24) is 24.4 Å². The van der Waals surface area contributed by atoms with Crippen LogP contribution in [0, 0.1) is 11.8 Å². The molecule has 0 bridgehead atoms. The van der Waals surface area contributed by atoms with E-state index >= 15 is 0 Å². The Morgan fingerprint density at radius 3 is 2.58 bits per heavy atom. The molecule has 2 aliphatic rings. The maximum Gasteiger partial charge on any atom is 0.240 e. The predicted octanol–water partition coefficient (Wildman–Crippen LogP) is 1.61. The van der Waals surface area contributed by atoms with Crippen LogP contribution in [0.1, 0.15) is 43.7 Å². The number of nitrogens with zero attached hydrogens (tertiary/aromatic N) is 5. The summed E-state index contributed by atoms with van der Waals surface area (Å²) in [7, 11) is 3.38. The van der Waals surface area contributed by atoms with E-state index in [0.29, 0.717) is 18.9 Å². The Kier molecular flexibility index (Phi) is 6.22. The van der Waals surface area contributed by atoms with Crippen molar-refractivity contribution in [3.8, 4) is 0 Å². The molecule has 0 radical (unpaired) electrons. The van der Waals surface area contributed by atoms with Crippen LogP contribution in [-0.2, 0) is 9.59 Å². The maximum absolute atomic E-state index is 13.6. The standard InChI is InChI=1S/C22H31FN6O2/c1-27(2)21(30)19(20(24)22(31)28-11-10-16(23)12-28)15-8-6-14(7-9-15)17-4-3-5-18-25-13-26-29(17)18/h3-5,13-16,19-20H,6-12,24H2,1-2H3/t14?,15?,16-,19?,20?/m0/s1. The quantitative estimate of drug-likeness (QED) is 0.777. The zero-order chi connectivity index (χ0) is 22.1. The molecule has 1 saturated heterocycles. The maximum atomic E-state index is 13.6. The number of likely N-dealkylation sites (tertiary alicyclic amines) is 1. The molecule has 2 amide bonds. The van der Waals surface area contributed by atoms with Gasteiger partial charge in [-0.3, -0.25) is 9.59 Å². The van der Waals surface area contributed by atoms with Crippen LogP contribution in [0.15, 0.2) is 24.5 Å². The zero-order valence-electron chi connectivity index (χ0n) is 18.2. The summed E-state index contributed by atoms with van der Waals surface area (Å²) in [5.74, 6) is -0.698. The lowest BCUT2D eigenvalue weighted by Crippen LogP contribution is -2.54. The number of nitrogens with two attached hydrogens (primary N) is 1. The number of alkyl halides is 1. The Morgan fingerprint density at radius 2 is 1.94 bits per heavy atom. The van der Waals surface area contributed by atoms with Crippen molar-refractivity contribution in [2.75, 3.05) is 27.2 Å². The van der Waals surface area contributed by atoms with Gasteiger partial charge in [0.25, 0.3) is 0 Å². The number of hydrogen-bond acceptors (Lipinski definition) is 5. The molecule has 168 valence electrons. The Balaban J connectivity index is 1.49. The summed E-state index contributed by atoms with van der Waals surface area (Å²) in [5, 5.41) is 4.35. The van der Waals surface area contributed by atoms with Gasteiger partial charge < -0.3 is 15.5 Å². The van der Waals surface area contributed by atoms with E-state index in [2.05, 4.69) is 16.1 Å². The summed E-state index contributed by atoms with van der Waals surface area (Å²) < 4.78 is 15.5. The van der Waals surface area contributed by atoms with Crippen molar-refractivity contribution in [1.29, 1.82) is 0 Å². The van der Waals surface area contributed by atoms with E-state index in [9.17, 15) is 14.0 Å². The molecule has 4 rings (SSSR count). The fraction of sp³-hybridized carbons (Fsp3) is 0.636. The molecule has 31 heavy (non-hydrogen) atoms. The van der Waals surface area contributed by atoms with Crippen LogP contribution in [0.25, 0.3) is 5.65 Å². The molecule has 3 heterocycles. The Bertz CT molecular complexity index is 939. The van der Waals surface area contributed by atoms with Crippen molar-refractivity contribution in [2.24, 2.45) is 17.6 Å². The fourth-order valence-corrected chi connectivity index (χ4v) is 5.18. The van der Waals surface area contributed by atoms with Gasteiger partial charge in [-0.2, -0.15) is 5.10 Å². The summed E-state index contributed by atoms with van der Waals surface area (Å²) in [5.41, 5.74) is 8.32. The molecule has 0 spiro atoms. The topological polar surface area (TPSA) is 96.8 Å². The van der Waals surface area contributed by atoms with E-state index in [-0.39, 0.29) is 24.3 Å². The minimum absolute atomic E-state index is 0.0174. The third-order valence-electron chi connectivity index (χ3n) is 6.87. The summed E-state index contributed by atoms with van der Waals surface area (Å²) in [6.07, 6.45) is 4.26. The number of amides is 2. The highest BCUT2D eigenvalue weighted by Gasteiger charge is 2.42. The molecule has 1 aliphatic carbocycles. The van der Waals surface area contributed by atoms with Crippen LogP contribution in [0.2, 0.25) is 0 Å². The first-order chi connectivity index (χ1) is 14.9. The lowest BCUT2D eigenvalue weighted by atomic mass is 9.72. The number of aromatic nitrogens is 3. The van der Waals surface area contributed by atoms with Gasteiger partial charge in [0, 0.05) is 32.3 Å². The van der Waals surface area contributed by atoms with Crippen LogP contribution in [-0.4, -0.2) is 75.6 Å². The van der Waals surface area contributed by atoms with Crippen molar-refractivity contribution < 1.29 is 14.0 Å².